The zero-order valence-electron chi connectivity index (χ0n) is 13.3. The van der Waals surface area contributed by atoms with E-state index in [4.69, 9.17) is 9.47 Å². The first kappa shape index (κ1) is 16.9. The van der Waals surface area contributed by atoms with Crippen LogP contribution in [0.5, 0.6) is 0 Å². The number of carbonyl (C=O) groups excluding carboxylic acids is 1. The van der Waals surface area contributed by atoms with E-state index in [2.05, 4.69) is 22.3 Å². The van der Waals surface area contributed by atoms with E-state index >= 15 is 0 Å². The number of hydrogen-bond donors (Lipinski definition) is 1. The third-order valence-corrected chi connectivity index (χ3v) is 3.78. The van der Waals surface area contributed by atoms with Crippen molar-refractivity contribution >= 4 is 5.91 Å². The van der Waals surface area contributed by atoms with Gasteiger partial charge >= 0.3 is 0 Å². The molecule has 1 aromatic carbocycles. The summed E-state index contributed by atoms with van der Waals surface area (Å²) in [6.45, 7) is 3.91. The molecule has 5 heteroatoms. The topological polar surface area (TPSA) is 50.8 Å². The molecule has 1 amide bonds. The number of nitrogens with one attached hydrogen (secondary N) is 1. The third kappa shape index (κ3) is 6.13. The minimum Gasteiger partial charge on any atom is -0.383 e. The Labute approximate surface area is 132 Å². The van der Waals surface area contributed by atoms with Crippen LogP contribution in [0.25, 0.3) is 0 Å². The van der Waals surface area contributed by atoms with E-state index in [-0.39, 0.29) is 12.0 Å². The van der Waals surface area contributed by atoms with Gasteiger partial charge in [-0.1, -0.05) is 30.3 Å². The molecule has 1 aliphatic heterocycles. The van der Waals surface area contributed by atoms with Crippen LogP contribution in [-0.4, -0.2) is 56.9 Å². The highest BCUT2D eigenvalue weighted by Gasteiger charge is 2.17. The monoisotopic (exact) mass is 306 g/mol. The average Bonchev–Trinajstić information content (AvgIpc) is 3.05. The summed E-state index contributed by atoms with van der Waals surface area (Å²) in [5.41, 5.74) is 1.20. The molecule has 1 heterocycles. The summed E-state index contributed by atoms with van der Waals surface area (Å²) in [6.07, 6.45) is 2.32. The second-order valence-corrected chi connectivity index (χ2v) is 5.63. The van der Waals surface area contributed by atoms with Crippen LogP contribution in [0.3, 0.4) is 0 Å². The van der Waals surface area contributed by atoms with E-state index in [1.165, 1.54) is 5.56 Å². The lowest BCUT2D eigenvalue weighted by molar-refractivity contribution is -0.123. The molecule has 1 atom stereocenters. The molecule has 1 N–H and O–H groups in total. The van der Waals surface area contributed by atoms with E-state index in [9.17, 15) is 4.79 Å². The van der Waals surface area contributed by atoms with Crippen molar-refractivity contribution in [2.75, 3.05) is 40.0 Å². The number of amides is 1. The van der Waals surface area contributed by atoms with Gasteiger partial charge < -0.3 is 14.8 Å². The summed E-state index contributed by atoms with van der Waals surface area (Å²) in [7, 11) is 1.68. The molecule has 5 nitrogen and oxygen atoms in total. The number of hydrogen-bond acceptors (Lipinski definition) is 4. The van der Waals surface area contributed by atoms with Gasteiger partial charge in [0.25, 0.3) is 0 Å². The van der Waals surface area contributed by atoms with Crippen LogP contribution < -0.4 is 5.32 Å². The van der Waals surface area contributed by atoms with Gasteiger partial charge in [0, 0.05) is 33.4 Å². The van der Waals surface area contributed by atoms with Gasteiger partial charge in [0.1, 0.15) is 0 Å². The molecular formula is C17H26N2O3. The molecule has 122 valence electrons. The highest BCUT2D eigenvalue weighted by Crippen LogP contribution is 2.10. The number of rotatable bonds is 9. The normalized spacial score (nSPS) is 17.8. The lowest BCUT2D eigenvalue weighted by Gasteiger charge is -2.22. The van der Waals surface area contributed by atoms with Crippen LogP contribution in [-0.2, 0) is 20.8 Å². The fraction of sp³-hybridized carbons (Fsp3) is 0.588. The highest BCUT2D eigenvalue weighted by molar-refractivity contribution is 5.78. The van der Waals surface area contributed by atoms with Gasteiger partial charge in [0.05, 0.1) is 19.3 Å². The maximum absolute atomic E-state index is 12.1. The van der Waals surface area contributed by atoms with Crippen LogP contribution in [0.15, 0.2) is 30.3 Å². The molecule has 0 bridgehead atoms. The lowest BCUT2D eigenvalue weighted by atomic mass is 10.2. The molecule has 2 rings (SSSR count). The van der Waals surface area contributed by atoms with Gasteiger partial charge in [0.15, 0.2) is 0 Å². The molecule has 0 radical (unpaired) electrons. The Balaban J connectivity index is 1.78. The molecular weight excluding hydrogens is 280 g/mol. The molecule has 1 fully saturated rings. The smallest absolute Gasteiger partial charge is 0.234 e. The Morgan fingerprint density at radius 2 is 2.23 bits per heavy atom. The van der Waals surface area contributed by atoms with E-state index in [1.807, 2.05) is 18.2 Å². The SMILES string of the molecule is COCCN(CC(=O)NCC1CCCO1)Cc1ccccc1. The Kier molecular flexibility index (Phi) is 7.36. The van der Waals surface area contributed by atoms with Gasteiger partial charge in [0.2, 0.25) is 5.91 Å². The summed E-state index contributed by atoms with van der Waals surface area (Å²) in [5.74, 6) is 0.0440. The maximum atomic E-state index is 12.1. The predicted molar refractivity (Wildman–Crippen MR) is 85.6 cm³/mol. The summed E-state index contributed by atoms with van der Waals surface area (Å²) in [4.78, 5) is 14.2. The minimum absolute atomic E-state index is 0.0440. The van der Waals surface area contributed by atoms with Crippen molar-refractivity contribution in [3.8, 4) is 0 Å². The summed E-state index contributed by atoms with van der Waals surface area (Å²) in [5, 5.41) is 2.97. The van der Waals surface area contributed by atoms with Crippen LogP contribution in [0.4, 0.5) is 0 Å². The fourth-order valence-corrected chi connectivity index (χ4v) is 2.57. The van der Waals surface area contributed by atoms with E-state index in [0.29, 0.717) is 19.7 Å². The molecule has 0 spiro atoms. The summed E-state index contributed by atoms with van der Waals surface area (Å²) >= 11 is 0. The molecule has 22 heavy (non-hydrogen) atoms. The standard InChI is InChI=1S/C17H26N2O3/c1-21-11-9-19(13-15-6-3-2-4-7-15)14-17(20)18-12-16-8-5-10-22-16/h2-4,6-7,16H,5,8-14H2,1H3,(H,18,20). The van der Waals surface area contributed by atoms with Crippen LogP contribution in [0.1, 0.15) is 18.4 Å². The Bertz CT molecular complexity index is 433. The van der Waals surface area contributed by atoms with Gasteiger partial charge in [-0.3, -0.25) is 9.69 Å². The van der Waals surface area contributed by atoms with Crippen LogP contribution in [0, 0.1) is 0 Å². The number of benzene rings is 1. The first-order valence-corrected chi connectivity index (χ1v) is 7.91. The van der Waals surface area contributed by atoms with Crippen molar-refractivity contribution in [2.24, 2.45) is 0 Å². The Morgan fingerprint density at radius 1 is 1.41 bits per heavy atom. The van der Waals surface area contributed by atoms with Crippen molar-refractivity contribution in [3.63, 3.8) is 0 Å². The maximum Gasteiger partial charge on any atom is 0.234 e. The quantitative estimate of drug-likeness (QED) is 0.750. The second kappa shape index (κ2) is 9.56. The van der Waals surface area contributed by atoms with E-state index in [0.717, 1.165) is 32.5 Å². The molecule has 1 aromatic rings. The third-order valence-electron chi connectivity index (χ3n) is 3.78. The first-order valence-electron chi connectivity index (χ1n) is 7.91. The summed E-state index contributed by atoms with van der Waals surface area (Å²) < 4.78 is 10.7. The van der Waals surface area contributed by atoms with Crippen molar-refractivity contribution in [1.82, 2.24) is 10.2 Å². The second-order valence-electron chi connectivity index (χ2n) is 5.63. The molecule has 0 saturated carbocycles. The highest BCUT2D eigenvalue weighted by atomic mass is 16.5. The zero-order chi connectivity index (χ0) is 15.6. The number of methoxy groups -OCH3 is 1. The van der Waals surface area contributed by atoms with Crippen molar-refractivity contribution in [1.29, 1.82) is 0 Å². The van der Waals surface area contributed by atoms with Crippen molar-refractivity contribution in [2.45, 2.75) is 25.5 Å². The number of nitrogens with zero attached hydrogens (tertiary/aromatic N) is 1. The molecule has 0 aliphatic carbocycles. The largest absolute Gasteiger partial charge is 0.383 e. The lowest BCUT2D eigenvalue weighted by Crippen LogP contribution is -2.41. The number of ether oxygens (including phenoxy) is 2. The van der Waals surface area contributed by atoms with Crippen LogP contribution in [0.2, 0.25) is 0 Å². The van der Waals surface area contributed by atoms with Gasteiger partial charge in [-0.25, -0.2) is 0 Å². The fourth-order valence-electron chi connectivity index (χ4n) is 2.57. The molecule has 1 saturated heterocycles. The predicted octanol–water partition coefficient (Wildman–Crippen LogP) is 1.43. The van der Waals surface area contributed by atoms with E-state index in [1.54, 1.807) is 7.11 Å². The van der Waals surface area contributed by atoms with Gasteiger partial charge in [-0.2, -0.15) is 0 Å². The molecule has 1 unspecified atom stereocenters. The molecule has 0 aromatic heterocycles. The number of carbonyl (C=O) groups is 1. The molecule has 1 aliphatic rings. The van der Waals surface area contributed by atoms with Gasteiger partial charge in [-0.05, 0) is 18.4 Å². The van der Waals surface area contributed by atoms with E-state index < -0.39 is 0 Å². The van der Waals surface area contributed by atoms with Crippen molar-refractivity contribution in [3.05, 3.63) is 35.9 Å². The average molecular weight is 306 g/mol. The zero-order valence-corrected chi connectivity index (χ0v) is 13.3. The summed E-state index contributed by atoms with van der Waals surface area (Å²) in [6, 6.07) is 10.2. The minimum atomic E-state index is 0.0440. The first-order chi connectivity index (χ1) is 10.8. The van der Waals surface area contributed by atoms with Crippen LogP contribution >= 0.6 is 0 Å². The van der Waals surface area contributed by atoms with Gasteiger partial charge in [-0.15, -0.1) is 0 Å². The Morgan fingerprint density at radius 3 is 2.91 bits per heavy atom. The Hall–Kier alpha value is -1.43. The van der Waals surface area contributed by atoms with Crippen molar-refractivity contribution < 1.29 is 14.3 Å².